The van der Waals surface area contributed by atoms with Crippen molar-refractivity contribution in [3.05, 3.63) is 24.3 Å². The Morgan fingerprint density at radius 2 is 2.05 bits per heavy atom. The van der Waals surface area contributed by atoms with Gasteiger partial charge in [-0.1, -0.05) is 12.1 Å². The molecule has 6 nitrogen and oxygen atoms in total. The minimum Gasteiger partial charge on any atom is -0.398 e. The lowest BCUT2D eigenvalue weighted by molar-refractivity contribution is -0.120. The molecular weight excluding hydrogens is 280 g/mol. The quantitative estimate of drug-likeness (QED) is 0.567. The van der Waals surface area contributed by atoms with E-state index in [2.05, 4.69) is 5.32 Å². The maximum absolute atomic E-state index is 12.3. The number of hydrogen-bond acceptors (Lipinski definition) is 5. The van der Waals surface area contributed by atoms with Gasteiger partial charge in [-0.3, -0.25) is 4.79 Å². The number of nitrogen functional groups attached to an aromatic ring is 1. The average Bonchev–Trinajstić information content (AvgIpc) is 2.42. The molecule has 1 atom stereocenters. The van der Waals surface area contributed by atoms with Crippen LogP contribution in [0.4, 0.5) is 5.69 Å². The number of nitrogens with one attached hydrogen (secondary N) is 1. The zero-order valence-electron chi connectivity index (χ0n) is 11.6. The van der Waals surface area contributed by atoms with Crippen molar-refractivity contribution in [1.82, 2.24) is 5.32 Å². The summed E-state index contributed by atoms with van der Waals surface area (Å²) in [5.41, 5.74) is 5.80. The summed E-state index contributed by atoms with van der Waals surface area (Å²) in [5, 5.41) is 1.39. The van der Waals surface area contributed by atoms with E-state index in [1.807, 2.05) is 0 Å². The summed E-state index contributed by atoms with van der Waals surface area (Å²) >= 11 is 0. The molecule has 0 aliphatic heterocycles. The summed E-state index contributed by atoms with van der Waals surface area (Å²) < 4.78 is 29.5. The Hall–Kier alpha value is -1.60. The minimum absolute atomic E-state index is 0.0143. The molecule has 0 saturated heterocycles. The third-order valence-electron chi connectivity index (χ3n) is 2.88. The monoisotopic (exact) mass is 300 g/mol. The van der Waals surface area contributed by atoms with Crippen LogP contribution in [-0.2, 0) is 19.4 Å². The van der Waals surface area contributed by atoms with E-state index in [1.165, 1.54) is 19.1 Å². The molecule has 1 unspecified atom stereocenters. The lowest BCUT2D eigenvalue weighted by Gasteiger charge is -2.14. The second kappa shape index (κ2) is 7.25. The molecule has 1 aromatic carbocycles. The predicted octanol–water partition coefficient (Wildman–Crippen LogP) is 0.584. The largest absolute Gasteiger partial charge is 0.398 e. The number of amides is 1. The number of benzene rings is 1. The van der Waals surface area contributed by atoms with Crippen molar-refractivity contribution in [2.75, 3.05) is 26.0 Å². The molecule has 0 radical (unpaired) electrons. The van der Waals surface area contributed by atoms with Gasteiger partial charge in [-0.15, -0.1) is 0 Å². The minimum atomic E-state index is -3.78. The molecule has 7 heteroatoms. The Kier molecular flexibility index (Phi) is 5.97. The second-order valence-electron chi connectivity index (χ2n) is 4.36. The number of methoxy groups -OCH3 is 1. The number of rotatable bonds is 7. The molecule has 0 spiro atoms. The van der Waals surface area contributed by atoms with E-state index in [4.69, 9.17) is 10.5 Å². The number of para-hydroxylation sites is 1. The van der Waals surface area contributed by atoms with Gasteiger partial charge in [0, 0.05) is 20.3 Å². The Balaban J connectivity index is 2.77. The molecule has 1 aromatic rings. The first-order valence-electron chi connectivity index (χ1n) is 6.26. The van der Waals surface area contributed by atoms with Crippen LogP contribution in [0.1, 0.15) is 13.3 Å². The predicted molar refractivity (Wildman–Crippen MR) is 77.0 cm³/mol. The fourth-order valence-electron chi connectivity index (χ4n) is 1.64. The van der Waals surface area contributed by atoms with Gasteiger partial charge in [-0.05, 0) is 25.5 Å². The maximum atomic E-state index is 12.3. The van der Waals surface area contributed by atoms with E-state index in [0.29, 0.717) is 19.6 Å². The molecule has 1 amide bonds. The molecule has 0 bridgehead atoms. The Morgan fingerprint density at radius 1 is 1.40 bits per heavy atom. The Labute approximate surface area is 119 Å². The van der Waals surface area contributed by atoms with Gasteiger partial charge in [0.1, 0.15) is 5.25 Å². The van der Waals surface area contributed by atoms with Gasteiger partial charge >= 0.3 is 0 Å². The standard InChI is InChI=1S/C13H20N2O4S/c1-10(13(16)15-8-5-9-19-2)20(17,18)12-7-4-3-6-11(12)14/h3-4,6-7,10H,5,8-9,14H2,1-2H3,(H,15,16). The van der Waals surface area contributed by atoms with Crippen molar-refractivity contribution < 1.29 is 17.9 Å². The van der Waals surface area contributed by atoms with Crippen molar-refractivity contribution >= 4 is 21.4 Å². The lowest BCUT2D eigenvalue weighted by atomic mass is 10.3. The number of carbonyl (C=O) groups is 1. The van der Waals surface area contributed by atoms with E-state index in [0.717, 1.165) is 0 Å². The maximum Gasteiger partial charge on any atom is 0.238 e. The van der Waals surface area contributed by atoms with Crippen LogP contribution in [0.3, 0.4) is 0 Å². The van der Waals surface area contributed by atoms with Crippen LogP contribution in [0.15, 0.2) is 29.2 Å². The van der Waals surface area contributed by atoms with Crippen molar-refractivity contribution in [2.45, 2.75) is 23.5 Å². The second-order valence-corrected chi connectivity index (χ2v) is 6.60. The zero-order valence-corrected chi connectivity index (χ0v) is 12.4. The zero-order chi connectivity index (χ0) is 15.2. The first kappa shape index (κ1) is 16.5. The van der Waals surface area contributed by atoms with Gasteiger partial charge in [0.25, 0.3) is 0 Å². The fraction of sp³-hybridized carbons (Fsp3) is 0.462. The highest BCUT2D eigenvalue weighted by Gasteiger charge is 2.30. The van der Waals surface area contributed by atoms with Crippen LogP contribution in [0.2, 0.25) is 0 Å². The molecular formula is C13H20N2O4S. The van der Waals surface area contributed by atoms with Crippen LogP contribution in [0.5, 0.6) is 0 Å². The summed E-state index contributed by atoms with van der Waals surface area (Å²) in [5.74, 6) is -0.538. The van der Waals surface area contributed by atoms with Gasteiger partial charge in [0.2, 0.25) is 5.91 Å². The summed E-state index contributed by atoms with van der Waals surface area (Å²) in [6.07, 6.45) is 0.627. The first-order valence-corrected chi connectivity index (χ1v) is 7.81. The van der Waals surface area contributed by atoms with E-state index in [-0.39, 0.29) is 10.6 Å². The molecule has 0 fully saturated rings. The van der Waals surface area contributed by atoms with Crippen LogP contribution in [0, 0.1) is 0 Å². The Morgan fingerprint density at radius 3 is 2.65 bits per heavy atom. The summed E-state index contributed by atoms with van der Waals surface area (Å²) in [6, 6.07) is 6.12. The van der Waals surface area contributed by atoms with Crippen LogP contribution >= 0.6 is 0 Å². The number of hydrogen-bond donors (Lipinski definition) is 2. The number of carbonyl (C=O) groups excluding carboxylic acids is 1. The number of ether oxygens (including phenoxy) is 1. The number of nitrogens with two attached hydrogens (primary N) is 1. The van der Waals surface area contributed by atoms with Crippen LogP contribution in [-0.4, -0.2) is 39.8 Å². The van der Waals surface area contributed by atoms with Crippen LogP contribution in [0.25, 0.3) is 0 Å². The van der Waals surface area contributed by atoms with E-state index in [1.54, 1.807) is 19.2 Å². The summed E-state index contributed by atoms with van der Waals surface area (Å²) in [6.45, 7) is 2.23. The van der Waals surface area contributed by atoms with Gasteiger partial charge in [-0.2, -0.15) is 0 Å². The topological polar surface area (TPSA) is 98.5 Å². The first-order chi connectivity index (χ1) is 9.41. The highest BCUT2D eigenvalue weighted by atomic mass is 32.2. The molecule has 0 saturated carbocycles. The average molecular weight is 300 g/mol. The molecule has 3 N–H and O–H groups in total. The van der Waals surface area contributed by atoms with E-state index >= 15 is 0 Å². The third kappa shape index (κ3) is 3.94. The van der Waals surface area contributed by atoms with Crippen LogP contribution < -0.4 is 11.1 Å². The fourth-order valence-corrected chi connectivity index (χ4v) is 3.05. The van der Waals surface area contributed by atoms with Gasteiger partial charge in [-0.25, -0.2) is 8.42 Å². The van der Waals surface area contributed by atoms with E-state index in [9.17, 15) is 13.2 Å². The van der Waals surface area contributed by atoms with E-state index < -0.39 is 21.0 Å². The summed E-state index contributed by atoms with van der Waals surface area (Å²) in [7, 11) is -2.22. The van der Waals surface area contributed by atoms with Crippen molar-refractivity contribution in [3.63, 3.8) is 0 Å². The number of sulfone groups is 1. The van der Waals surface area contributed by atoms with Crippen molar-refractivity contribution in [3.8, 4) is 0 Å². The third-order valence-corrected chi connectivity index (χ3v) is 5.01. The molecule has 20 heavy (non-hydrogen) atoms. The molecule has 112 valence electrons. The van der Waals surface area contributed by atoms with Crippen molar-refractivity contribution in [1.29, 1.82) is 0 Å². The normalized spacial score (nSPS) is 12.9. The molecule has 0 aliphatic rings. The van der Waals surface area contributed by atoms with Gasteiger partial charge < -0.3 is 15.8 Å². The molecule has 0 heterocycles. The molecule has 1 rings (SSSR count). The van der Waals surface area contributed by atoms with Gasteiger partial charge in [0.15, 0.2) is 9.84 Å². The highest BCUT2D eigenvalue weighted by molar-refractivity contribution is 7.93. The smallest absolute Gasteiger partial charge is 0.238 e. The Bertz CT molecular complexity index is 557. The lowest BCUT2D eigenvalue weighted by Crippen LogP contribution is -2.38. The highest BCUT2D eigenvalue weighted by Crippen LogP contribution is 2.22. The molecule has 0 aromatic heterocycles. The summed E-state index contributed by atoms with van der Waals surface area (Å²) in [4.78, 5) is 11.9. The molecule has 0 aliphatic carbocycles. The SMILES string of the molecule is COCCCNC(=O)C(C)S(=O)(=O)c1ccccc1N. The number of anilines is 1. The van der Waals surface area contributed by atoms with Gasteiger partial charge in [0.05, 0.1) is 10.6 Å². The van der Waals surface area contributed by atoms with Crippen molar-refractivity contribution in [2.24, 2.45) is 0 Å².